The molecule has 2 amide bonds. The molecule has 98 valence electrons. The second-order valence-electron chi connectivity index (χ2n) is 3.90. The topological polar surface area (TPSA) is 102 Å². The van der Waals surface area contributed by atoms with Crippen molar-refractivity contribution in [3.63, 3.8) is 0 Å². The van der Waals surface area contributed by atoms with Crippen molar-refractivity contribution in [2.45, 2.75) is 19.4 Å². The highest BCUT2D eigenvalue weighted by molar-refractivity contribution is 5.98. The Balaban J connectivity index is 2.81. The van der Waals surface area contributed by atoms with Gasteiger partial charge in [0.25, 0.3) is 5.91 Å². The van der Waals surface area contributed by atoms with E-state index in [9.17, 15) is 14.7 Å². The van der Waals surface area contributed by atoms with E-state index in [1.54, 1.807) is 19.1 Å². The van der Waals surface area contributed by atoms with E-state index in [0.29, 0.717) is 0 Å². The summed E-state index contributed by atoms with van der Waals surface area (Å²) in [5.74, 6) is -1.01. The van der Waals surface area contributed by atoms with E-state index in [2.05, 4.69) is 5.32 Å². The predicted molar refractivity (Wildman–Crippen MR) is 65.4 cm³/mol. The van der Waals surface area contributed by atoms with E-state index in [1.807, 2.05) is 0 Å². The lowest BCUT2D eigenvalue weighted by atomic mass is 10.1. The third kappa shape index (κ3) is 3.38. The Labute approximate surface area is 105 Å². The van der Waals surface area contributed by atoms with E-state index in [0.717, 1.165) is 0 Å². The summed E-state index contributed by atoms with van der Waals surface area (Å²) in [6.45, 7) is 1.65. The molecule has 0 radical (unpaired) electrons. The number of carbonyl (C=O) groups is 2. The lowest BCUT2D eigenvalue weighted by molar-refractivity contribution is -0.118. The van der Waals surface area contributed by atoms with Crippen LogP contribution in [0.2, 0.25) is 0 Å². The van der Waals surface area contributed by atoms with Gasteiger partial charge in [-0.15, -0.1) is 0 Å². The van der Waals surface area contributed by atoms with Gasteiger partial charge in [0.05, 0.1) is 12.7 Å². The monoisotopic (exact) mass is 252 g/mol. The fraction of sp³-hybridized carbons (Fsp3) is 0.333. The smallest absolute Gasteiger partial charge is 0.255 e. The molecule has 0 aliphatic rings. The van der Waals surface area contributed by atoms with E-state index >= 15 is 0 Å². The molecule has 4 N–H and O–H groups in total. The number of rotatable bonds is 5. The van der Waals surface area contributed by atoms with Gasteiger partial charge in [-0.3, -0.25) is 9.59 Å². The van der Waals surface area contributed by atoms with Gasteiger partial charge < -0.3 is 20.9 Å². The normalized spacial score (nSPS) is 11.7. The lowest BCUT2D eigenvalue weighted by Crippen LogP contribution is -2.35. The van der Waals surface area contributed by atoms with Crippen LogP contribution in [0.1, 0.15) is 23.7 Å². The molecule has 18 heavy (non-hydrogen) atoms. The van der Waals surface area contributed by atoms with Crippen LogP contribution in [0.4, 0.5) is 0 Å². The number of hydrogen-bond donors (Lipinski definition) is 3. The van der Waals surface area contributed by atoms with Gasteiger partial charge in [0, 0.05) is 12.5 Å². The Hall–Kier alpha value is -2.24. The molecule has 1 unspecified atom stereocenters. The fourth-order valence-corrected chi connectivity index (χ4v) is 1.52. The van der Waals surface area contributed by atoms with Gasteiger partial charge in [0.15, 0.2) is 11.5 Å². The third-order valence-electron chi connectivity index (χ3n) is 2.35. The number of benzene rings is 1. The maximum Gasteiger partial charge on any atom is 0.255 e. The van der Waals surface area contributed by atoms with Crippen LogP contribution in [0.15, 0.2) is 18.2 Å². The van der Waals surface area contributed by atoms with E-state index in [4.69, 9.17) is 10.5 Å². The van der Waals surface area contributed by atoms with Gasteiger partial charge in [0.2, 0.25) is 5.91 Å². The van der Waals surface area contributed by atoms with Crippen molar-refractivity contribution in [1.29, 1.82) is 0 Å². The van der Waals surface area contributed by atoms with Gasteiger partial charge in [-0.25, -0.2) is 0 Å². The number of methoxy groups -OCH3 is 1. The molecule has 0 spiro atoms. The van der Waals surface area contributed by atoms with Crippen molar-refractivity contribution in [2.24, 2.45) is 5.73 Å². The number of para-hydroxylation sites is 1. The van der Waals surface area contributed by atoms with Gasteiger partial charge >= 0.3 is 0 Å². The first-order valence-electron chi connectivity index (χ1n) is 5.40. The average molecular weight is 252 g/mol. The molecule has 0 aromatic heterocycles. The molecule has 1 rings (SSSR count). The maximum absolute atomic E-state index is 11.8. The number of ether oxygens (including phenoxy) is 1. The Morgan fingerprint density at radius 2 is 2.17 bits per heavy atom. The molecule has 0 fully saturated rings. The Morgan fingerprint density at radius 3 is 2.72 bits per heavy atom. The highest BCUT2D eigenvalue weighted by Gasteiger charge is 2.17. The molecule has 0 saturated carbocycles. The van der Waals surface area contributed by atoms with Crippen LogP contribution < -0.4 is 15.8 Å². The fourth-order valence-electron chi connectivity index (χ4n) is 1.52. The second-order valence-corrected chi connectivity index (χ2v) is 3.90. The van der Waals surface area contributed by atoms with Crippen molar-refractivity contribution < 1.29 is 19.4 Å². The average Bonchev–Trinajstić information content (AvgIpc) is 2.27. The largest absolute Gasteiger partial charge is 0.504 e. The van der Waals surface area contributed by atoms with Gasteiger partial charge in [0.1, 0.15) is 0 Å². The van der Waals surface area contributed by atoms with Crippen LogP contribution in [0.3, 0.4) is 0 Å². The summed E-state index contributed by atoms with van der Waals surface area (Å²) in [5, 5.41) is 12.3. The molecule has 6 heteroatoms. The van der Waals surface area contributed by atoms with Crippen LogP contribution in [0, 0.1) is 0 Å². The van der Waals surface area contributed by atoms with Gasteiger partial charge in [-0.1, -0.05) is 6.07 Å². The van der Waals surface area contributed by atoms with Crippen LogP contribution in [-0.4, -0.2) is 30.1 Å². The Kier molecular flexibility index (Phi) is 4.53. The second kappa shape index (κ2) is 5.90. The summed E-state index contributed by atoms with van der Waals surface area (Å²) in [6, 6.07) is 4.19. The first-order valence-corrected chi connectivity index (χ1v) is 5.40. The number of phenols is 1. The molecule has 1 aromatic rings. The van der Waals surface area contributed by atoms with Crippen LogP contribution in [0.5, 0.6) is 11.5 Å². The highest BCUT2D eigenvalue weighted by Crippen LogP contribution is 2.29. The molecule has 0 bridgehead atoms. The van der Waals surface area contributed by atoms with Crippen molar-refractivity contribution in [2.75, 3.05) is 7.11 Å². The maximum atomic E-state index is 11.8. The molecule has 6 nitrogen and oxygen atoms in total. The van der Waals surface area contributed by atoms with E-state index in [1.165, 1.54) is 13.2 Å². The Bertz CT molecular complexity index is 459. The SMILES string of the molecule is COc1cccc(C(=O)NC(C)CC(N)=O)c1O. The summed E-state index contributed by atoms with van der Waals surface area (Å²) >= 11 is 0. The zero-order valence-corrected chi connectivity index (χ0v) is 10.3. The predicted octanol–water partition coefficient (Wildman–Crippen LogP) is 0.395. The summed E-state index contributed by atoms with van der Waals surface area (Å²) in [5.41, 5.74) is 5.11. The van der Waals surface area contributed by atoms with Gasteiger partial charge in [-0.2, -0.15) is 0 Å². The minimum atomic E-state index is -0.502. The van der Waals surface area contributed by atoms with Crippen LogP contribution in [0.25, 0.3) is 0 Å². The minimum Gasteiger partial charge on any atom is -0.504 e. The van der Waals surface area contributed by atoms with Crippen molar-refractivity contribution in [1.82, 2.24) is 5.32 Å². The van der Waals surface area contributed by atoms with Gasteiger partial charge in [-0.05, 0) is 19.1 Å². The molecule has 0 aliphatic heterocycles. The number of aromatic hydroxyl groups is 1. The van der Waals surface area contributed by atoms with Crippen molar-refractivity contribution >= 4 is 11.8 Å². The molecule has 0 aliphatic carbocycles. The number of carbonyl (C=O) groups excluding carboxylic acids is 2. The first-order chi connectivity index (χ1) is 8.45. The number of nitrogens with one attached hydrogen (secondary N) is 1. The molecule has 0 saturated heterocycles. The highest BCUT2D eigenvalue weighted by atomic mass is 16.5. The standard InChI is InChI=1S/C12H16N2O4/c1-7(6-10(13)15)14-12(17)8-4-3-5-9(18-2)11(8)16/h3-5,7,16H,6H2,1-2H3,(H2,13,15)(H,14,17). The van der Waals surface area contributed by atoms with Crippen molar-refractivity contribution in [3.8, 4) is 11.5 Å². The first kappa shape index (κ1) is 13.8. The van der Waals surface area contributed by atoms with Crippen LogP contribution in [-0.2, 0) is 4.79 Å². The number of amides is 2. The summed E-state index contributed by atoms with van der Waals surface area (Å²) < 4.78 is 4.90. The van der Waals surface area contributed by atoms with E-state index in [-0.39, 0.29) is 23.5 Å². The minimum absolute atomic E-state index is 0.0382. The summed E-state index contributed by atoms with van der Waals surface area (Å²) in [6.07, 6.45) is 0.0382. The quantitative estimate of drug-likeness (QED) is 0.705. The molecule has 1 atom stereocenters. The summed E-state index contributed by atoms with van der Waals surface area (Å²) in [7, 11) is 1.40. The molecular weight excluding hydrogens is 236 g/mol. The number of primary amides is 1. The molecule has 1 aromatic carbocycles. The van der Waals surface area contributed by atoms with Crippen LogP contribution >= 0.6 is 0 Å². The lowest BCUT2D eigenvalue weighted by Gasteiger charge is -2.13. The Morgan fingerprint density at radius 1 is 1.50 bits per heavy atom. The zero-order valence-electron chi connectivity index (χ0n) is 10.3. The summed E-state index contributed by atoms with van der Waals surface area (Å²) in [4.78, 5) is 22.5. The number of hydrogen-bond acceptors (Lipinski definition) is 4. The van der Waals surface area contributed by atoms with E-state index < -0.39 is 17.9 Å². The number of nitrogens with two attached hydrogens (primary N) is 1. The van der Waals surface area contributed by atoms with Crippen molar-refractivity contribution in [3.05, 3.63) is 23.8 Å². The molecular formula is C12H16N2O4. The molecule has 0 heterocycles. The zero-order chi connectivity index (χ0) is 13.7. The third-order valence-corrected chi connectivity index (χ3v) is 2.35. The number of phenolic OH excluding ortho intramolecular Hbond substituents is 1.